The number of hydrogen-bond acceptors (Lipinski definition) is 7. The Balaban J connectivity index is 1.60. The first-order valence-electron chi connectivity index (χ1n) is 10.7. The number of aromatic nitrogens is 2. The first-order chi connectivity index (χ1) is 17.3. The second-order valence-corrected chi connectivity index (χ2v) is 10.4. The van der Waals surface area contributed by atoms with Crippen LogP contribution in [0.2, 0.25) is 0 Å². The number of rotatable bonds is 5. The van der Waals surface area contributed by atoms with Crippen LogP contribution in [0.25, 0.3) is 22.2 Å². The Kier molecular flexibility index (Phi) is 5.78. The van der Waals surface area contributed by atoms with Gasteiger partial charge in [0.2, 0.25) is 15.9 Å². The highest BCUT2D eigenvalue weighted by Gasteiger charge is 2.60. The summed E-state index contributed by atoms with van der Waals surface area (Å²) in [7, 11) is -2.77. The fraction of sp³-hybridized carbons (Fsp3) is 0.381. The molecule has 198 valence electrons. The summed E-state index contributed by atoms with van der Waals surface area (Å²) >= 11 is 0. The highest BCUT2D eigenvalue weighted by molar-refractivity contribution is 7.88. The lowest BCUT2D eigenvalue weighted by Gasteiger charge is -2.37. The van der Waals surface area contributed by atoms with E-state index in [0.29, 0.717) is 12.1 Å². The van der Waals surface area contributed by atoms with Crippen LogP contribution >= 0.6 is 0 Å². The number of ether oxygens (including phenoxy) is 1. The number of carbonyl (C=O) groups excluding carboxylic acids is 1. The van der Waals surface area contributed by atoms with Gasteiger partial charge >= 0.3 is 6.03 Å². The summed E-state index contributed by atoms with van der Waals surface area (Å²) in [4.78, 5) is 19.1. The van der Waals surface area contributed by atoms with Crippen LogP contribution in [0, 0.1) is 17.5 Å². The van der Waals surface area contributed by atoms with Crippen LogP contribution in [-0.4, -0.2) is 74.0 Å². The first kappa shape index (κ1) is 25.1. The van der Waals surface area contributed by atoms with Gasteiger partial charge in [0.05, 0.1) is 24.3 Å². The van der Waals surface area contributed by atoms with Crippen molar-refractivity contribution in [3.05, 3.63) is 35.7 Å². The Morgan fingerprint density at radius 1 is 1.19 bits per heavy atom. The highest BCUT2D eigenvalue weighted by Crippen LogP contribution is 2.43. The van der Waals surface area contributed by atoms with Crippen LogP contribution in [0.15, 0.2) is 22.7 Å². The second kappa shape index (κ2) is 8.51. The van der Waals surface area contributed by atoms with Crippen molar-refractivity contribution in [3.8, 4) is 17.0 Å². The number of nitrogens with zero attached hydrogens (tertiary/aromatic N) is 4. The van der Waals surface area contributed by atoms with Gasteiger partial charge in [-0.05, 0) is 6.42 Å². The van der Waals surface area contributed by atoms with E-state index in [9.17, 15) is 35.2 Å². The zero-order valence-corrected chi connectivity index (χ0v) is 20.0. The molecule has 2 aliphatic rings. The third-order valence-corrected chi connectivity index (χ3v) is 6.98. The number of halogens is 5. The molecule has 37 heavy (non-hydrogen) atoms. The summed E-state index contributed by atoms with van der Waals surface area (Å²) < 4.78 is 108. The lowest BCUT2D eigenvalue weighted by Crippen LogP contribution is -2.56. The topological polar surface area (TPSA) is 118 Å². The molecule has 2 amide bonds. The number of carbonyl (C=O) groups is 1. The molecule has 0 bridgehead atoms. The summed E-state index contributed by atoms with van der Waals surface area (Å²) in [6, 6.07) is -2.35. The molecule has 16 heteroatoms. The van der Waals surface area contributed by atoms with Crippen LogP contribution in [0.5, 0.6) is 5.88 Å². The van der Waals surface area contributed by atoms with Crippen LogP contribution in [0.3, 0.4) is 0 Å². The molecule has 5 rings (SSSR count). The van der Waals surface area contributed by atoms with Gasteiger partial charge in [0.25, 0.3) is 11.6 Å². The maximum absolute atomic E-state index is 14.9. The molecule has 0 saturated carbocycles. The van der Waals surface area contributed by atoms with Crippen molar-refractivity contribution in [2.24, 2.45) is 0 Å². The average molecular weight is 547 g/mol. The molecule has 3 aromatic rings. The molecule has 2 saturated heterocycles. The summed E-state index contributed by atoms with van der Waals surface area (Å²) in [5.74, 6) is -7.65. The molecule has 0 aliphatic carbocycles. The summed E-state index contributed by atoms with van der Waals surface area (Å²) in [5, 5.41) is 3.66. The number of fused-ring (bicyclic) bond motifs is 2. The molecule has 0 spiro atoms. The van der Waals surface area contributed by atoms with Crippen molar-refractivity contribution in [2.45, 2.75) is 24.4 Å². The fourth-order valence-electron chi connectivity index (χ4n) is 4.72. The van der Waals surface area contributed by atoms with Gasteiger partial charge < -0.3 is 14.2 Å². The lowest BCUT2D eigenvalue weighted by molar-refractivity contribution is -0.0448. The standard InChI is InChI=1S/C21H18F5N5O5S/c1-35-15-7-10(16-11(23)5-9(22)6-12(16)24)17-18(28-36-19(17)27-15)30-4-3-14-21(25,26)13(29-37(2,33)34)8-31(14)20(30)32/h5-7,13-14,29H,3-4,8H2,1-2H3/t13-,14-/m1/s1. The lowest BCUT2D eigenvalue weighted by atomic mass is 10.0. The average Bonchev–Trinajstić information content (AvgIpc) is 3.31. The molecular weight excluding hydrogens is 529 g/mol. The van der Waals surface area contributed by atoms with Crippen molar-refractivity contribution < 1.29 is 44.4 Å². The highest BCUT2D eigenvalue weighted by atomic mass is 32.2. The Bertz CT molecular complexity index is 1510. The second-order valence-electron chi connectivity index (χ2n) is 8.65. The van der Waals surface area contributed by atoms with Crippen molar-refractivity contribution in [1.29, 1.82) is 0 Å². The summed E-state index contributed by atoms with van der Waals surface area (Å²) in [5.41, 5.74) is -1.19. The van der Waals surface area contributed by atoms with Crippen molar-refractivity contribution in [1.82, 2.24) is 19.8 Å². The predicted molar refractivity (Wildman–Crippen MR) is 118 cm³/mol. The number of alkyl halides is 2. The van der Waals surface area contributed by atoms with Crippen molar-refractivity contribution in [3.63, 3.8) is 0 Å². The number of urea groups is 1. The third-order valence-electron chi connectivity index (χ3n) is 6.27. The molecular formula is C21H18F5N5O5S. The molecule has 2 aliphatic heterocycles. The van der Waals surface area contributed by atoms with E-state index in [1.807, 2.05) is 4.72 Å². The molecule has 0 radical (unpaired) electrons. The molecule has 1 N–H and O–H groups in total. The molecule has 2 atom stereocenters. The normalized spacial score (nSPS) is 21.5. The Labute approximate surface area is 206 Å². The smallest absolute Gasteiger partial charge is 0.326 e. The van der Waals surface area contributed by atoms with E-state index in [1.165, 1.54) is 7.11 Å². The quantitative estimate of drug-likeness (QED) is 0.488. The predicted octanol–water partition coefficient (Wildman–Crippen LogP) is 2.88. The zero-order valence-electron chi connectivity index (χ0n) is 19.1. The van der Waals surface area contributed by atoms with Crippen LogP contribution in [0.1, 0.15) is 6.42 Å². The maximum Gasteiger partial charge on any atom is 0.326 e. The Morgan fingerprint density at radius 2 is 1.86 bits per heavy atom. The first-order valence-corrected chi connectivity index (χ1v) is 12.6. The number of benzene rings is 1. The van der Waals surface area contributed by atoms with E-state index < -0.39 is 63.6 Å². The van der Waals surface area contributed by atoms with E-state index >= 15 is 0 Å². The third kappa shape index (κ3) is 4.13. The largest absolute Gasteiger partial charge is 0.481 e. The molecule has 2 aromatic heterocycles. The fourth-order valence-corrected chi connectivity index (χ4v) is 5.47. The number of nitrogens with one attached hydrogen (secondary N) is 1. The monoisotopic (exact) mass is 547 g/mol. The molecule has 0 unspecified atom stereocenters. The number of methoxy groups -OCH3 is 1. The van der Waals surface area contributed by atoms with Crippen molar-refractivity contribution >= 4 is 33.0 Å². The van der Waals surface area contributed by atoms with Crippen LogP contribution < -0.4 is 14.4 Å². The number of hydrogen-bond donors (Lipinski definition) is 1. The molecule has 2 fully saturated rings. The number of pyridine rings is 1. The van der Waals surface area contributed by atoms with Gasteiger partial charge in [0, 0.05) is 36.9 Å². The van der Waals surface area contributed by atoms with E-state index in [-0.39, 0.29) is 41.3 Å². The molecule has 1 aromatic carbocycles. The Hall–Kier alpha value is -3.53. The summed E-state index contributed by atoms with van der Waals surface area (Å²) in [6.45, 7) is -0.932. The van der Waals surface area contributed by atoms with Gasteiger partial charge in [-0.1, -0.05) is 5.16 Å². The van der Waals surface area contributed by atoms with E-state index in [1.54, 1.807) is 0 Å². The van der Waals surface area contributed by atoms with Gasteiger partial charge in [-0.2, -0.15) is 4.98 Å². The minimum Gasteiger partial charge on any atom is -0.481 e. The Morgan fingerprint density at radius 3 is 2.49 bits per heavy atom. The minimum atomic E-state index is -4.01. The number of sulfonamides is 1. The van der Waals surface area contributed by atoms with Gasteiger partial charge in [0.1, 0.15) is 29.5 Å². The van der Waals surface area contributed by atoms with Gasteiger partial charge in [-0.25, -0.2) is 39.9 Å². The number of amides is 2. The van der Waals surface area contributed by atoms with E-state index in [2.05, 4.69) is 10.1 Å². The SMILES string of the molecule is COc1cc(-c2c(F)cc(F)cc2F)c2c(N3CC[C@H]4N(C[C@@H](NS(C)(=O)=O)C4(F)F)C3=O)noc2n1. The summed E-state index contributed by atoms with van der Waals surface area (Å²) in [6.07, 6.45) is 0.444. The molecule has 10 nitrogen and oxygen atoms in total. The van der Waals surface area contributed by atoms with Gasteiger partial charge in [0.15, 0.2) is 5.82 Å². The van der Waals surface area contributed by atoms with Crippen LogP contribution in [-0.2, 0) is 10.0 Å². The van der Waals surface area contributed by atoms with Gasteiger partial charge in [-0.3, -0.25) is 4.90 Å². The number of anilines is 1. The van der Waals surface area contributed by atoms with Crippen LogP contribution in [0.4, 0.5) is 32.6 Å². The van der Waals surface area contributed by atoms with E-state index in [4.69, 9.17) is 9.26 Å². The zero-order chi connectivity index (χ0) is 26.9. The van der Waals surface area contributed by atoms with Crippen molar-refractivity contribution in [2.75, 3.05) is 31.4 Å². The van der Waals surface area contributed by atoms with Gasteiger partial charge in [-0.15, -0.1) is 0 Å². The van der Waals surface area contributed by atoms with E-state index in [0.717, 1.165) is 22.1 Å². The maximum atomic E-state index is 14.9. The molecule has 4 heterocycles. The minimum absolute atomic E-state index is 0.132.